The summed E-state index contributed by atoms with van der Waals surface area (Å²) in [5, 5.41) is 6.47. The Morgan fingerprint density at radius 1 is 1.00 bits per heavy atom. The molecule has 0 saturated heterocycles. The van der Waals surface area contributed by atoms with Crippen LogP contribution in [0.25, 0.3) is 10.8 Å². The van der Waals surface area contributed by atoms with Gasteiger partial charge in [0.15, 0.2) is 0 Å². The number of benzene rings is 2. The van der Waals surface area contributed by atoms with Crippen LogP contribution < -0.4 is 10.9 Å². The van der Waals surface area contributed by atoms with Crippen LogP contribution in [0, 0.1) is 0 Å². The van der Waals surface area contributed by atoms with Crippen molar-refractivity contribution < 1.29 is 8.42 Å². The number of anilines is 1. The maximum absolute atomic E-state index is 11.4. The van der Waals surface area contributed by atoms with Crippen molar-refractivity contribution in [1.82, 2.24) is 0 Å². The molecule has 0 spiro atoms. The zero-order chi connectivity index (χ0) is 11.1. The lowest BCUT2D eigenvalue weighted by Gasteiger charge is -2.07. The van der Waals surface area contributed by atoms with Gasteiger partial charge >= 0.3 is 0 Å². The first-order chi connectivity index (χ1) is 7.00. The van der Waals surface area contributed by atoms with E-state index < -0.39 is 10.0 Å². The summed E-state index contributed by atoms with van der Waals surface area (Å²) in [4.78, 5) is 0.000556. The van der Waals surface area contributed by atoms with Crippen LogP contribution in [0.15, 0.2) is 41.3 Å². The van der Waals surface area contributed by atoms with Gasteiger partial charge in [0.1, 0.15) is 4.90 Å². The average Bonchev–Trinajstić information content (AvgIpc) is 2.15. The zero-order valence-corrected chi connectivity index (χ0v) is 8.66. The van der Waals surface area contributed by atoms with Crippen LogP contribution in [0.3, 0.4) is 0 Å². The summed E-state index contributed by atoms with van der Waals surface area (Å²) in [6.45, 7) is 0. The summed E-state index contributed by atoms with van der Waals surface area (Å²) in [5.41, 5.74) is 5.79. The highest BCUT2D eigenvalue weighted by molar-refractivity contribution is 7.89. The van der Waals surface area contributed by atoms with Crippen LogP contribution >= 0.6 is 0 Å². The van der Waals surface area contributed by atoms with Crippen molar-refractivity contribution in [3.8, 4) is 0 Å². The molecule has 2 rings (SSSR count). The van der Waals surface area contributed by atoms with Crippen molar-refractivity contribution in [2.75, 3.05) is 5.73 Å². The topological polar surface area (TPSA) is 86.2 Å². The highest BCUT2D eigenvalue weighted by Crippen LogP contribution is 2.27. The van der Waals surface area contributed by atoms with E-state index in [0.717, 1.165) is 5.39 Å². The third-order valence-corrected chi connectivity index (χ3v) is 3.22. The van der Waals surface area contributed by atoms with Crippen LogP contribution in [0.2, 0.25) is 0 Å². The summed E-state index contributed by atoms with van der Waals surface area (Å²) in [6.07, 6.45) is 0. The molecule has 0 heterocycles. The van der Waals surface area contributed by atoms with Gasteiger partial charge in [-0.05, 0) is 11.5 Å². The molecule has 4 N–H and O–H groups in total. The molecule has 0 atom stereocenters. The Bertz CT molecular complexity index is 620. The minimum absolute atomic E-state index is 0.000556. The van der Waals surface area contributed by atoms with Gasteiger partial charge in [-0.2, -0.15) is 0 Å². The number of fused-ring (bicyclic) bond motifs is 1. The Morgan fingerprint density at radius 2 is 1.67 bits per heavy atom. The van der Waals surface area contributed by atoms with E-state index in [-0.39, 0.29) is 10.6 Å². The second-order valence-corrected chi connectivity index (χ2v) is 4.75. The Kier molecular flexibility index (Phi) is 2.13. The molecule has 0 amide bonds. The highest BCUT2D eigenvalue weighted by atomic mass is 32.2. The Labute approximate surface area is 87.6 Å². The maximum Gasteiger partial charge on any atom is 0.240 e. The molecular formula is C10H10N2O2S. The minimum atomic E-state index is -3.79. The Balaban J connectivity index is 2.99. The van der Waals surface area contributed by atoms with Crippen molar-refractivity contribution in [1.29, 1.82) is 0 Å². The lowest BCUT2D eigenvalue weighted by molar-refractivity contribution is 0.599. The normalized spacial score (nSPS) is 11.8. The van der Waals surface area contributed by atoms with E-state index in [9.17, 15) is 8.42 Å². The van der Waals surface area contributed by atoms with Gasteiger partial charge in [-0.3, -0.25) is 0 Å². The molecule has 0 aliphatic carbocycles. The predicted molar refractivity (Wildman–Crippen MR) is 59.7 cm³/mol. The lowest BCUT2D eigenvalue weighted by Crippen LogP contribution is -2.14. The second kappa shape index (κ2) is 3.22. The largest absolute Gasteiger partial charge is 0.398 e. The average molecular weight is 222 g/mol. The number of rotatable bonds is 1. The number of hydrogen-bond donors (Lipinski definition) is 2. The van der Waals surface area contributed by atoms with Gasteiger partial charge in [-0.15, -0.1) is 0 Å². The first kappa shape index (κ1) is 9.95. The van der Waals surface area contributed by atoms with Crippen LogP contribution in [0.5, 0.6) is 0 Å². The molecule has 2 aromatic rings. The molecule has 0 unspecified atom stereocenters. The van der Waals surface area contributed by atoms with E-state index in [4.69, 9.17) is 10.9 Å². The summed E-state index contributed by atoms with van der Waals surface area (Å²) >= 11 is 0. The monoisotopic (exact) mass is 222 g/mol. The van der Waals surface area contributed by atoms with Crippen molar-refractivity contribution in [2.24, 2.45) is 5.14 Å². The van der Waals surface area contributed by atoms with E-state index in [1.807, 2.05) is 12.1 Å². The Hall–Kier alpha value is -1.59. The van der Waals surface area contributed by atoms with Gasteiger partial charge in [0.05, 0.1) is 5.69 Å². The number of nitrogens with two attached hydrogens (primary N) is 2. The molecule has 0 bridgehead atoms. The Morgan fingerprint density at radius 3 is 2.33 bits per heavy atom. The van der Waals surface area contributed by atoms with Crippen molar-refractivity contribution in [2.45, 2.75) is 4.90 Å². The first-order valence-electron chi connectivity index (χ1n) is 4.30. The maximum atomic E-state index is 11.4. The molecule has 0 radical (unpaired) electrons. The fourth-order valence-electron chi connectivity index (χ4n) is 1.58. The van der Waals surface area contributed by atoms with Crippen molar-refractivity contribution in [3.63, 3.8) is 0 Å². The van der Waals surface area contributed by atoms with E-state index in [2.05, 4.69) is 0 Å². The van der Waals surface area contributed by atoms with Gasteiger partial charge in [-0.25, -0.2) is 13.6 Å². The van der Waals surface area contributed by atoms with Gasteiger partial charge < -0.3 is 5.73 Å². The number of primary sulfonamides is 1. The fourth-order valence-corrected chi connectivity index (χ4v) is 2.47. The van der Waals surface area contributed by atoms with Crippen molar-refractivity contribution >= 4 is 26.5 Å². The quantitative estimate of drug-likeness (QED) is 0.707. The lowest BCUT2D eigenvalue weighted by atomic mass is 10.1. The minimum Gasteiger partial charge on any atom is -0.398 e. The highest BCUT2D eigenvalue weighted by Gasteiger charge is 2.15. The SMILES string of the molecule is Nc1ccc2ccccc2c1S(N)(=O)=O. The zero-order valence-electron chi connectivity index (χ0n) is 7.84. The molecule has 0 aliphatic heterocycles. The summed E-state index contributed by atoms with van der Waals surface area (Å²) in [7, 11) is -3.79. The van der Waals surface area contributed by atoms with E-state index in [0.29, 0.717) is 5.39 Å². The third kappa shape index (κ3) is 1.67. The molecular weight excluding hydrogens is 212 g/mol. The number of nitrogen functional groups attached to an aromatic ring is 1. The predicted octanol–water partition coefficient (Wildman–Crippen LogP) is 1.07. The molecule has 2 aromatic carbocycles. The number of hydrogen-bond acceptors (Lipinski definition) is 3. The van der Waals surface area contributed by atoms with E-state index >= 15 is 0 Å². The van der Waals surface area contributed by atoms with Crippen LogP contribution in [0.4, 0.5) is 5.69 Å². The molecule has 0 aliphatic rings. The second-order valence-electron chi connectivity index (χ2n) is 3.25. The molecule has 4 nitrogen and oxygen atoms in total. The summed E-state index contributed by atoms with van der Waals surface area (Å²) in [5.74, 6) is 0. The molecule has 78 valence electrons. The van der Waals surface area contributed by atoms with Crippen molar-refractivity contribution in [3.05, 3.63) is 36.4 Å². The van der Waals surface area contributed by atoms with Gasteiger partial charge in [0, 0.05) is 5.39 Å². The first-order valence-corrected chi connectivity index (χ1v) is 5.85. The van der Waals surface area contributed by atoms with Crippen LogP contribution in [-0.4, -0.2) is 8.42 Å². The molecule has 15 heavy (non-hydrogen) atoms. The van der Waals surface area contributed by atoms with Gasteiger partial charge in [0.2, 0.25) is 10.0 Å². The molecule has 5 heteroatoms. The summed E-state index contributed by atoms with van der Waals surface area (Å²) < 4.78 is 22.7. The van der Waals surface area contributed by atoms with Crippen LogP contribution in [0.1, 0.15) is 0 Å². The molecule has 0 aromatic heterocycles. The van der Waals surface area contributed by atoms with E-state index in [1.54, 1.807) is 24.3 Å². The van der Waals surface area contributed by atoms with Crippen LogP contribution in [-0.2, 0) is 10.0 Å². The summed E-state index contributed by atoms with van der Waals surface area (Å²) in [6, 6.07) is 10.4. The smallest absolute Gasteiger partial charge is 0.240 e. The standard InChI is InChI=1S/C10H10N2O2S/c11-9-6-5-7-3-1-2-4-8(7)10(9)15(12,13)14/h1-6H,11H2,(H2,12,13,14). The van der Waals surface area contributed by atoms with E-state index in [1.165, 1.54) is 0 Å². The van der Waals surface area contributed by atoms with Gasteiger partial charge in [-0.1, -0.05) is 30.3 Å². The number of sulfonamides is 1. The molecule has 0 saturated carbocycles. The third-order valence-electron chi connectivity index (χ3n) is 2.19. The fraction of sp³-hybridized carbons (Fsp3) is 0. The van der Waals surface area contributed by atoms with Gasteiger partial charge in [0.25, 0.3) is 0 Å². The molecule has 0 fully saturated rings.